The predicted molar refractivity (Wildman–Crippen MR) is 151 cm³/mol. The number of ketones is 2. The molecule has 1 aromatic heterocycles. The summed E-state index contributed by atoms with van der Waals surface area (Å²) in [5, 5.41) is 2.80. The number of carbonyl (C=O) groups excluding carboxylic acids is 2. The van der Waals surface area contributed by atoms with E-state index < -0.39 is 8.32 Å². The van der Waals surface area contributed by atoms with E-state index >= 15 is 0 Å². The van der Waals surface area contributed by atoms with Crippen molar-refractivity contribution in [3.8, 4) is 5.75 Å². The van der Waals surface area contributed by atoms with E-state index in [2.05, 4.69) is 76.2 Å². The second-order valence-corrected chi connectivity index (χ2v) is 14.9. The maximum atomic E-state index is 13.3. The predicted octanol–water partition coefficient (Wildman–Crippen LogP) is 6.87. The maximum absolute atomic E-state index is 13.3. The Morgan fingerprint density at radius 2 is 1.49 bits per heavy atom. The van der Waals surface area contributed by atoms with Gasteiger partial charge in [0, 0.05) is 17.0 Å². The molecule has 0 saturated carbocycles. The molecule has 4 aromatic rings. The van der Waals surface area contributed by atoms with Crippen molar-refractivity contribution in [2.45, 2.75) is 52.0 Å². The molecule has 0 spiro atoms. The van der Waals surface area contributed by atoms with Crippen molar-refractivity contribution in [2.75, 3.05) is 0 Å². The molecule has 0 N–H and O–H groups in total. The van der Waals surface area contributed by atoms with Gasteiger partial charge in [0.05, 0.1) is 5.56 Å². The van der Waals surface area contributed by atoms with Gasteiger partial charge in [0.2, 0.25) is 5.78 Å². The standard InChI is InChI=1S/C32H32O4Si/c1-5-6-13-22-20-27(33)31-29(30(22)34)26-19-18-23(21-28(26)35-31)36-37(32(2,3)4,24-14-9-7-10-15-24)25-16-11-8-12-17-25/h7-12,14-21H,5-6,13H2,1-4H3. The zero-order valence-corrected chi connectivity index (χ0v) is 22.8. The summed E-state index contributed by atoms with van der Waals surface area (Å²) in [5.74, 6) is 0.434. The average molecular weight is 509 g/mol. The molecule has 0 unspecified atom stereocenters. The number of fused-ring (bicyclic) bond motifs is 3. The van der Waals surface area contributed by atoms with Crippen LogP contribution in [-0.4, -0.2) is 19.9 Å². The summed E-state index contributed by atoms with van der Waals surface area (Å²) < 4.78 is 13.1. The van der Waals surface area contributed by atoms with Crippen molar-refractivity contribution in [1.29, 1.82) is 0 Å². The van der Waals surface area contributed by atoms with Gasteiger partial charge in [-0.15, -0.1) is 0 Å². The van der Waals surface area contributed by atoms with E-state index in [-0.39, 0.29) is 22.4 Å². The van der Waals surface area contributed by atoms with Crippen molar-refractivity contribution in [3.05, 3.63) is 102 Å². The number of Topliss-reactive ketones (excluding diaryl/α,β-unsaturated/α-hetero) is 1. The molecule has 4 nitrogen and oxygen atoms in total. The molecular formula is C32H32O4Si. The molecule has 0 fully saturated rings. The van der Waals surface area contributed by atoms with E-state index in [1.54, 1.807) is 0 Å². The van der Waals surface area contributed by atoms with Crippen LogP contribution in [0.1, 0.15) is 67.9 Å². The van der Waals surface area contributed by atoms with Crippen molar-refractivity contribution in [1.82, 2.24) is 0 Å². The maximum Gasteiger partial charge on any atom is 0.319 e. The smallest absolute Gasteiger partial charge is 0.319 e. The fraction of sp³-hybridized carbons (Fsp3) is 0.250. The minimum absolute atomic E-state index is 0.109. The van der Waals surface area contributed by atoms with Crippen molar-refractivity contribution in [2.24, 2.45) is 0 Å². The summed E-state index contributed by atoms with van der Waals surface area (Å²) in [7, 11) is -2.83. The molecule has 5 rings (SSSR count). The van der Waals surface area contributed by atoms with Crippen LogP contribution in [0.25, 0.3) is 11.0 Å². The highest BCUT2D eigenvalue weighted by molar-refractivity contribution is 7.00. The first-order valence-corrected chi connectivity index (χ1v) is 14.8. The highest BCUT2D eigenvalue weighted by Crippen LogP contribution is 2.40. The Hall–Kier alpha value is -3.70. The zero-order valence-electron chi connectivity index (χ0n) is 21.8. The topological polar surface area (TPSA) is 56.5 Å². The lowest BCUT2D eigenvalue weighted by molar-refractivity contribution is 0.0966. The van der Waals surface area contributed by atoms with Crippen molar-refractivity contribution in [3.63, 3.8) is 0 Å². The van der Waals surface area contributed by atoms with Gasteiger partial charge in [-0.25, -0.2) is 0 Å². The van der Waals surface area contributed by atoms with Gasteiger partial charge in [0.1, 0.15) is 11.3 Å². The summed E-state index contributed by atoms with van der Waals surface area (Å²) >= 11 is 0. The number of rotatable bonds is 7. The van der Waals surface area contributed by atoms with Crippen LogP contribution in [0.15, 0.2) is 94.9 Å². The molecule has 5 heteroatoms. The molecule has 0 aliphatic heterocycles. The Bertz CT molecular complexity index is 1450. The number of hydrogen-bond donors (Lipinski definition) is 0. The number of unbranched alkanes of at least 4 members (excludes halogenated alkanes) is 1. The Kier molecular flexibility index (Phi) is 6.50. The van der Waals surface area contributed by atoms with Crippen LogP contribution in [0.3, 0.4) is 0 Å². The molecular weight excluding hydrogens is 476 g/mol. The summed E-state index contributed by atoms with van der Waals surface area (Å²) in [5.41, 5.74) is 1.44. The lowest BCUT2D eigenvalue weighted by atomic mass is 9.90. The number of benzene rings is 3. The van der Waals surface area contributed by atoms with Crippen LogP contribution in [0.4, 0.5) is 0 Å². The van der Waals surface area contributed by atoms with Gasteiger partial charge in [-0.2, -0.15) is 0 Å². The van der Waals surface area contributed by atoms with E-state index in [1.807, 2.05) is 30.3 Å². The minimum Gasteiger partial charge on any atom is -0.534 e. The third kappa shape index (κ3) is 4.27. The van der Waals surface area contributed by atoms with Crippen molar-refractivity contribution >= 4 is 41.2 Å². The van der Waals surface area contributed by atoms with Crippen LogP contribution in [0.2, 0.25) is 5.04 Å². The van der Waals surface area contributed by atoms with Gasteiger partial charge < -0.3 is 8.84 Å². The molecule has 0 amide bonds. The van der Waals surface area contributed by atoms with Crippen LogP contribution < -0.4 is 14.8 Å². The molecule has 1 heterocycles. The van der Waals surface area contributed by atoms with E-state index in [4.69, 9.17) is 8.84 Å². The molecule has 188 valence electrons. The minimum atomic E-state index is -2.83. The van der Waals surface area contributed by atoms with E-state index in [9.17, 15) is 9.59 Å². The monoisotopic (exact) mass is 508 g/mol. The molecule has 0 bridgehead atoms. The Balaban J connectivity index is 1.62. The van der Waals surface area contributed by atoms with Crippen LogP contribution in [0.5, 0.6) is 5.75 Å². The molecule has 0 saturated heterocycles. The van der Waals surface area contributed by atoms with Gasteiger partial charge >= 0.3 is 8.32 Å². The average Bonchev–Trinajstić information content (AvgIpc) is 3.28. The van der Waals surface area contributed by atoms with Gasteiger partial charge in [-0.05, 0) is 46.5 Å². The highest BCUT2D eigenvalue weighted by Gasteiger charge is 2.52. The lowest BCUT2D eigenvalue weighted by Gasteiger charge is -2.42. The first-order chi connectivity index (χ1) is 17.8. The first-order valence-electron chi connectivity index (χ1n) is 12.9. The molecule has 1 aliphatic rings. The van der Waals surface area contributed by atoms with E-state index in [0.717, 1.165) is 12.8 Å². The van der Waals surface area contributed by atoms with Gasteiger partial charge in [-0.1, -0.05) is 94.8 Å². The summed E-state index contributed by atoms with van der Waals surface area (Å²) in [6.45, 7) is 8.75. The second kappa shape index (κ2) is 9.64. The summed E-state index contributed by atoms with van der Waals surface area (Å²) in [6.07, 6.45) is 3.87. The zero-order chi connectivity index (χ0) is 26.2. The SMILES string of the molecule is CCCCC1=CC(=O)c2oc3cc(O[Si](c4ccccc4)(c4ccccc4)C(C)(C)C)ccc3c2C1=O. The largest absolute Gasteiger partial charge is 0.534 e. The van der Waals surface area contributed by atoms with Crippen LogP contribution in [0, 0.1) is 0 Å². The molecule has 3 aromatic carbocycles. The Labute approximate surface area is 219 Å². The Morgan fingerprint density at radius 3 is 2.05 bits per heavy atom. The molecule has 1 aliphatic carbocycles. The number of allylic oxidation sites excluding steroid dienone is 2. The van der Waals surface area contributed by atoms with Gasteiger partial charge in [0.15, 0.2) is 11.5 Å². The molecule has 0 radical (unpaired) electrons. The van der Waals surface area contributed by atoms with Gasteiger partial charge in [-0.3, -0.25) is 9.59 Å². The molecule has 0 atom stereocenters. The van der Waals surface area contributed by atoms with E-state index in [1.165, 1.54) is 16.4 Å². The number of carbonyl (C=O) groups is 2. The fourth-order valence-corrected chi connectivity index (χ4v) is 9.78. The normalized spacial score (nSPS) is 14.0. The Morgan fingerprint density at radius 1 is 0.865 bits per heavy atom. The van der Waals surface area contributed by atoms with Gasteiger partial charge in [0.25, 0.3) is 0 Å². The quantitative estimate of drug-likeness (QED) is 0.256. The van der Waals surface area contributed by atoms with Crippen LogP contribution >= 0.6 is 0 Å². The number of hydrogen-bond acceptors (Lipinski definition) is 4. The fourth-order valence-electron chi connectivity index (χ4n) is 5.37. The number of furan rings is 1. The summed E-state index contributed by atoms with van der Waals surface area (Å²) in [6, 6.07) is 26.4. The lowest BCUT2D eigenvalue weighted by Crippen LogP contribution is -2.68. The van der Waals surface area contributed by atoms with Crippen LogP contribution in [-0.2, 0) is 0 Å². The van der Waals surface area contributed by atoms with E-state index in [0.29, 0.717) is 34.3 Å². The first kappa shape index (κ1) is 25.0. The third-order valence-corrected chi connectivity index (χ3v) is 12.1. The third-order valence-electron chi connectivity index (χ3n) is 7.20. The van der Waals surface area contributed by atoms with Crippen molar-refractivity contribution < 1.29 is 18.4 Å². The second-order valence-electron chi connectivity index (χ2n) is 10.7. The highest BCUT2D eigenvalue weighted by atomic mass is 28.4. The summed E-state index contributed by atoms with van der Waals surface area (Å²) in [4.78, 5) is 26.1. The molecule has 37 heavy (non-hydrogen) atoms.